The van der Waals surface area contributed by atoms with Crippen molar-refractivity contribution in [3.63, 3.8) is 0 Å². The molecule has 1 aromatic rings. The zero-order valence-electron chi connectivity index (χ0n) is 7.64. The molecule has 0 atom stereocenters. The first kappa shape index (κ1) is 9.23. The van der Waals surface area contributed by atoms with E-state index in [4.69, 9.17) is 22.8 Å². The maximum absolute atomic E-state index is 5.96. The van der Waals surface area contributed by atoms with E-state index in [0.717, 1.165) is 30.0 Å². The Balaban J connectivity index is 2.34. The van der Waals surface area contributed by atoms with E-state index in [0.29, 0.717) is 11.6 Å². The van der Waals surface area contributed by atoms with Crippen LogP contribution in [0.1, 0.15) is 5.56 Å². The van der Waals surface area contributed by atoms with Gasteiger partial charge in [-0.15, -0.1) is 6.42 Å². The van der Waals surface area contributed by atoms with E-state index in [-0.39, 0.29) is 0 Å². The number of terminal acetylenes is 1. The van der Waals surface area contributed by atoms with Gasteiger partial charge in [0.15, 0.2) is 0 Å². The number of nitrogens with one attached hydrogen (secondary N) is 1. The van der Waals surface area contributed by atoms with Crippen molar-refractivity contribution in [1.82, 2.24) is 0 Å². The fraction of sp³-hybridized carbons (Fsp3) is 0.273. The summed E-state index contributed by atoms with van der Waals surface area (Å²) in [5.41, 5.74) is 2.04. The maximum atomic E-state index is 5.96. The van der Waals surface area contributed by atoms with Crippen molar-refractivity contribution in [3.05, 3.63) is 22.7 Å². The average molecular weight is 208 g/mol. The van der Waals surface area contributed by atoms with E-state index < -0.39 is 0 Å². The number of benzene rings is 1. The summed E-state index contributed by atoms with van der Waals surface area (Å²) in [5, 5.41) is 3.81. The lowest BCUT2D eigenvalue weighted by Gasteiger charge is -2.09. The SMILES string of the molecule is C#CCNc1cc(Cl)cc2c1OCC2. The van der Waals surface area contributed by atoms with Crippen LogP contribution in [0.3, 0.4) is 0 Å². The number of anilines is 1. The summed E-state index contributed by atoms with van der Waals surface area (Å²) in [4.78, 5) is 0. The molecule has 1 aromatic carbocycles. The zero-order chi connectivity index (χ0) is 9.97. The molecule has 1 heterocycles. The van der Waals surface area contributed by atoms with Crippen molar-refractivity contribution < 1.29 is 4.74 Å². The standard InChI is InChI=1S/C11H10ClNO/c1-2-4-13-10-7-9(12)6-8-3-5-14-11(8)10/h1,6-7,13H,3-5H2. The largest absolute Gasteiger partial charge is 0.491 e. The van der Waals surface area contributed by atoms with Crippen LogP contribution >= 0.6 is 11.6 Å². The second-order valence-electron chi connectivity index (χ2n) is 3.10. The van der Waals surface area contributed by atoms with Gasteiger partial charge in [-0.05, 0) is 12.1 Å². The highest BCUT2D eigenvalue weighted by atomic mass is 35.5. The third kappa shape index (κ3) is 1.64. The first-order valence-electron chi connectivity index (χ1n) is 4.44. The lowest BCUT2D eigenvalue weighted by atomic mass is 10.1. The molecule has 0 saturated carbocycles. The Morgan fingerprint density at radius 2 is 2.43 bits per heavy atom. The number of hydrogen-bond acceptors (Lipinski definition) is 2. The van der Waals surface area contributed by atoms with E-state index in [1.54, 1.807) is 0 Å². The molecule has 0 spiro atoms. The number of halogens is 1. The van der Waals surface area contributed by atoms with Crippen LogP contribution in [0.25, 0.3) is 0 Å². The van der Waals surface area contributed by atoms with Crippen molar-refractivity contribution in [2.45, 2.75) is 6.42 Å². The van der Waals surface area contributed by atoms with Gasteiger partial charge in [0.25, 0.3) is 0 Å². The summed E-state index contributed by atoms with van der Waals surface area (Å²) in [6, 6.07) is 3.77. The second kappa shape index (κ2) is 3.81. The smallest absolute Gasteiger partial charge is 0.145 e. The molecule has 0 aromatic heterocycles. The van der Waals surface area contributed by atoms with Crippen LogP contribution in [0, 0.1) is 12.3 Å². The molecule has 0 fully saturated rings. The van der Waals surface area contributed by atoms with Gasteiger partial charge in [-0.1, -0.05) is 17.5 Å². The van der Waals surface area contributed by atoms with Gasteiger partial charge in [0, 0.05) is 17.0 Å². The van der Waals surface area contributed by atoms with Crippen molar-refractivity contribution in [3.8, 4) is 18.1 Å². The minimum Gasteiger partial charge on any atom is -0.491 e. The first-order valence-corrected chi connectivity index (χ1v) is 4.81. The van der Waals surface area contributed by atoms with Gasteiger partial charge in [-0.3, -0.25) is 0 Å². The van der Waals surface area contributed by atoms with Crippen LogP contribution in [-0.2, 0) is 6.42 Å². The van der Waals surface area contributed by atoms with Crippen molar-refractivity contribution >= 4 is 17.3 Å². The fourth-order valence-corrected chi connectivity index (χ4v) is 1.79. The normalized spacial score (nSPS) is 12.9. The Hall–Kier alpha value is -1.33. The third-order valence-corrected chi connectivity index (χ3v) is 2.35. The third-order valence-electron chi connectivity index (χ3n) is 2.13. The number of fused-ring (bicyclic) bond motifs is 1. The van der Waals surface area contributed by atoms with Gasteiger partial charge < -0.3 is 10.1 Å². The van der Waals surface area contributed by atoms with Crippen LogP contribution in [-0.4, -0.2) is 13.2 Å². The quantitative estimate of drug-likeness (QED) is 0.752. The van der Waals surface area contributed by atoms with Crippen LogP contribution in [0.15, 0.2) is 12.1 Å². The highest BCUT2D eigenvalue weighted by Crippen LogP contribution is 2.36. The number of rotatable bonds is 2. The number of ether oxygens (including phenoxy) is 1. The Morgan fingerprint density at radius 1 is 1.57 bits per heavy atom. The molecule has 0 radical (unpaired) electrons. The first-order chi connectivity index (χ1) is 6.81. The number of hydrogen-bond donors (Lipinski definition) is 1. The van der Waals surface area contributed by atoms with Crippen LogP contribution in [0.4, 0.5) is 5.69 Å². The van der Waals surface area contributed by atoms with E-state index in [2.05, 4.69) is 11.2 Å². The van der Waals surface area contributed by atoms with Crippen molar-refractivity contribution in [2.24, 2.45) is 0 Å². The van der Waals surface area contributed by atoms with Gasteiger partial charge in [0.05, 0.1) is 18.8 Å². The van der Waals surface area contributed by atoms with Crippen LogP contribution in [0.2, 0.25) is 5.02 Å². The van der Waals surface area contributed by atoms with E-state index >= 15 is 0 Å². The van der Waals surface area contributed by atoms with Gasteiger partial charge >= 0.3 is 0 Å². The van der Waals surface area contributed by atoms with Crippen molar-refractivity contribution in [2.75, 3.05) is 18.5 Å². The van der Waals surface area contributed by atoms with E-state index in [9.17, 15) is 0 Å². The maximum Gasteiger partial charge on any atom is 0.145 e. The minimum atomic E-state index is 0.482. The summed E-state index contributed by atoms with van der Waals surface area (Å²) in [6.07, 6.45) is 6.09. The molecule has 3 heteroatoms. The summed E-state index contributed by atoms with van der Waals surface area (Å²) >= 11 is 5.96. The predicted molar refractivity (Wildman–Crippen MR) is 58.0 cm³/mol. The minimum absolute atomic E-state index is 0.482. The fourth-order valence-electron chi connectivity index (χ4n) is 1.55. The molecule has 2 rings (SSSR count). The monoisotopic (exact) mass is 207 g/mol. The Morgan fingerprint density at radius 3 is 3.21 bits per heavy atom. The Kier molecular flexibility index (Phi) is 2.51. The van der Waals surface area contributed by atoms with Gasteiger partial charge in [-0.2, -0.15) is 0 Å². The molecule has 72 valence electrons. The Labute approximate surface area is 88.2 Å². The van der Waals surface area contributed by atoms with Gasteiger partial charge in [0.1, 0.15) is 5.75 Å². The summed E-state index contributed by atoms with van der Waals surface area (Å²) in [6.45, 7) is 1.20. The Bertz CT molecular complexity index is 395. The molecular weight excluding hydrogens is 198 g/mol. The molecule has 1 N–H and O–H groups in total. The highest BCUT2D eigenvalue weighted by Gasteiger charge is 2.16. The van der Waals surface area contributed by atoms with Gasteiger partial charge in [0.2, 0.25) is 0 Å². The highest BCUT2D eigenvalue weighted by molar-refractivity contribution is 6.31. The zero-order valence-corrected chi connectivity index (χ0v) is 8.40. The summed E-state index contributed by atoms with van der Waals surface area (Å²) in [5.74, 6) is 3.41. The van der Waals surface area contributed by atoms with E-state index in [1.807, 2.05) is 12.1 Å². The lowest BCUT2D eigenvalue weighted by molar-refractivity contribution is 0.358. The molecule has 0 aliphatic carbocycles. The summed E-state index contributed by atoms with van der Waals surface area (Å²) in [7, 11) is 0. The molecule has 0 bridgehead atoms. The molecule has 1 aliphatic rings. The average Bonchev–Trinajstić information content (AvgIpc) is 2.61. The molecule has 0 amide bonds. The topological polar surface area (TPSA) is 21.3 Å². The predicted octanol–water partition coefficient (Wildman–Crippen LogP) is 2.32. The molecule has 0 saturated heterocycles. The second-order valence-corrected chi connectivity index (χ2v) is 3.53. The molecule has 0 unspecified atom stereocenters. The van der Waals surface area contributed by atoms with E-state index in [1.165, 1.54) is 0 Å². The molecule has 1 aliphatic heterocycles. The lowest BCUT2D eigenvalue weighted by Crippen LogP contribution is -2.00. The molecule has 14 heavy (non-hydrogen) atoms. The molecule has 2 nitrogen and oxygen atoms in total. The van der Waals surface area contributed by atoms with Crippen LogP contribution in [0.5, 0.6) is 5.75 Å². The van der Waals surface area contributed by atoms with Gasteiger partial charge in [-0.25, -0.2) is 0 Å². The van der Waals surface area contributed by atoms with Crippen molar-refractivity contribution in [1.29, 1.82) is 0 Å². The van der Waals surface area contributed by atoms with Crippen LogP contribution < -0.4 is 10.1 Å². The molecular formula is C11H10ClNO. The summed E-state index contributed by atoms with van der Waals surface area (Å²) < 4.78 is 5.49.